The molecule has 0 N–H and O–H groups in total. The van der Waals surface area contributed by atoms with Gasteiger partial charge in [0.25, 0.3) is 0 Å². The molecule has 0 aromatic rings. The third-order valence-electron chi connectivity index (χ3n) is 5.68. The van der Waals surface area contributed by atoms with Crippen molar-refractivity contribution in [1.29, 1.82) is 0 Å². The minimum atomic E-state index is 0.940. The lowest BCUT2D eigenvalue weighted by Crippen LogP contribution is -2.03. The average Bonchev–Trinajstić information content (AvgIpc) is 2.52. The van der Waals surface area contributed by atoms with Crippen LogP contribution < -0.4 is 0 Å². The first-order valence-electron chi connectivity index (χ1n) is 11.1. The van der Waals surface area contributed by atoms with Gasteiger partial charge in [0.2, 0.25) is 0 Å². The van der Waals surface area contributed by atoms with Crippen molar-refractivity contribution in [1.82, 2.24) is 0 Å². The zero-order valence-electron chi connectivity index (χ0n) is 17.3. The van der Waals surface area contributed by atoms with Crippen molar-refractivity contribution in [2.45, 2.75) is 131 Å². The SMILES string of the molecule is CCCC(C)CC(C)CCCCCCCCCCCC(C)CC. The van der Waals surface area contributed by atoms with Crippen LogP contribution in [0, 0.1) is 17.8 Å². The molecule has 140 valence electrons. The van der Waals surface area contributed by atoms with E-state index >= 15 is 0 Å². The molecule has 0 heterocycles. The Labute approximate surface area is 149 Å². The number of unbranched alkanes of at least 4 members (excludes halogenated alkanes) is 8. The van der Waals surface area contributed by atoms with Crippen molar-refractivity contribution in [3.8, 4) is 0 Å². The Morgan fingerprint density at radius 3 is 1.30 bits per heavy atom. The topological polar surface area (TPSA) is 0 Å². The van der Waals surface area contributed by atoms with Gasteiger partial charge in [-0.2, -0.15) is 0 Å². The third kappa shape index (κ3) is 16.6. The maximum atomic E-state index is 2.46. The van der Waals surface area contributed by atoms with Crippen LogP contribution in [0.2, 0.25) is 0 Å². The lowest BCUT2D eigenvalue weighted by Gasteiger charge is -2.16. The molecule has 0 aromatic heterocycles. The van der Waals surface area contributed by atoms with Gasteiger partial charge >= 0.3 is 0 Å². The van der Waals surface area contributed by atoms with Crippen LogP contribution in [0.1, 0.15) is 131 Å². The second-order valence-electron chi connectivity index (χ2n) is 8.51. The Morgan fingerprint density at radius 1 is 0.478 bits per heavy atom. The van der Waals surface area contributed by atoms with E-state index in [1.807, 2.05) is 0 Å². The largest absolute Gasteiger partial charge is 0.0654 e. The van der Waals surface area contributed by atoms with Gasteiger partial charge in [-0.25, -0.2) is 0 Å². The Kier molecular flexibility index (Phi) is 16.8. The minimum Gasteiger partial charge on any atom is -0.0654 e. The molecule has 0 bridgehead atoms. The fourth-order valence-electron chi connectivity index (χ4n) is 3.84. The molecule has 0 aliphatic rings. The van der Waals surface area contributed by atoms with E-state index in [1.165, 1.54) is 96.3 Å². The van der Waals surface area contributed by atoms with Gasteiger partial charge in [0.15, 0.2) is 0 Å². The predicted molar refractivity (Wildman–Crippen MR) is 108 cm³/mol. The molecular weight excluding hydrogens is 276 g/mol. The zero-order chi connectivity index (χ0) is 17.3. The highest BCUT2D eigenvalue weighted by atomic mass is 14.1. The second-order valence-corrected chi connectivity index (χ2v) is 8.51. The van der Waals surface area contributed by atoms with Gasteiger partial charge in [-0.3, -0.25) is 0 Å². The Morgan fingerprint density at radius 2 is 0.870 bits per heavy atom. The van der Waals surface area contributed by atoms with Crippen LogP contribution in [0.25, 0.3) is 0 Å². The highest BCUT2D eigenvalue weighted by Gasteiger charge is 2.07. The van der Waals surface area contributed by atoms with Crippen LogP contribution in [-0.4, -0.2) is 0 Å². The highest BCUT2D eigenvalue weighted by Crippen LogP contribution is 2.22. The van der Waals surface area contributed by atoms with E-state index in [1.54, 1.807) is 0 Å². The maximum absolute atomic E-state index is 2.46. The van der Waals surface area contributed by atoms with E-state index in [4.69, 9.17) is 0 Å². The molecular formula is C23H48. The first-order chi connectivity index (χ1) is 11.1. The highest BCUT2D eigenvalue weighted by molar-refractivity contribution is 4.60. The van der Waals surface area contributed by atoms with E-state index in [2.05, 4.69) is 34.6 Å². The summed E-state index contributed by atoms with van der Waals surface area (Å²) in [5.41, 5.74) is 0. The maximum Gasteiger partial charge on any atom is -0.0440 e. The summed E-state index contributed by atoms with van der Waals surface area (Å²) in [7, 11) is 0. The molecule has 0 fully saturated rings. The molecule has 0 nitrogen and oxygen atoms in total. The first kappa shape index (κ1) is 23.0. The molecule has 23 heavy (non-hydrogen) atoms. The fourth-order valence-corrected chi connectivity index (χ4v) is 3.84. The van der Waals surface area contributed by atoms with Crippen LogP contribution in [0.15, 0.2) is 0 Å². The standard InChI is InChI=1S/C23H48/c1-6-17-22(4)20-23(5)19-16-14-12-10-8-9-11-13-15-18-21(3)7-2/h21-23H,6-20H2,1-5H3. The van der Waals surface area contributed by atoms with Crippen molar-refractivity contribution >= 4 is 0 Å². The number of hydrogen-bond acceptors (Lipinski definition) is 0. The normalized spacial score (nSPS) is 15.5. The summed E-state index contributed by atoms with van der Waals surface area (Å²) in [6.45, 7) is 11.9. The zero-order valence-corrected chi connectivity index (χ0v) is 17.3. The minimum absolute atomic E-state index is 0.940. The fraction of sp³-hybridized carbons (Fsp3) is 1.00. The van der Waals surface area contributed by atoms with E-state index in [0.29, 0.717) is 0 Å². The molecule has 0 saturated carbocycles. The molecule has 3 unspecified atom stereocenters. The van der Waals surface area contributed by atoms with Crippen molar-refractivity contribution < 1.29 is 0 Å². The second kappa shape index (κ2) is 16.8. The number of hydrogen-bond donors (Lipinski definition) is 0. The molecule has 0 aliphatic carbocycles. The van der Waals surface area contributed by atoms with Gasteiger partial charge in [-0.1, -0.05) is 125 Å². The summed E-state index contributed by atoms with van der Waals surface area (Å²) in [6, 6.07) is 0. The molecule has 0 radical (unpaired) electrons. The van der Waals surface area contributed by atoms with Gasteiger partial charge in [-0.15, -0.1) is 0 Å². The lowest BCUT2D eigenvalue weighted by atomic mass is 9.90. The van der Waals surface area contributed by atoms with Crippen molar-refractivity contribution in [3.63, 3.8) is 0 Å². The molecule has 0 aromatic carbocycles. The first-order valence-corrected chi connectivity index (χ1v) is 11.1. The van der Waals surface area contributed by atoms with Crippen LogP contribution in [0.5, 0.6) is 0 Å². The summed E-state index contributed by atoms with van der Waals surface area (Å²) in [5.74, 6) is 2.83. The molecule has 0 saturated heterocycles. The van der Waals surface area contributed by atoms with E-state index in [9.17, 15) is 0 Å². The van der Waals surface area contributed by atoms with Crippen LogP contribution >= 0.6 is 0 Å². The van der Waals surface area contributed by atoms with Gasteiger partial charge in [0.05, 0.1) is 0 Å². The van der Waals surface area contributed by atoms with Crippen LogP contribution in [0.4, 0.5) is 0 Å². The van der Waals surface area contributed by atoms with Crippen molar-refractivity contribution in [2.75, 3.05) is 0 Å². The van der Waals surface area contributed by atoms with Crippen LogP contribution in [-0.2, 0) is 0 Å². The summed E-state index contributed by atoms with van der Waals surface area (Å²) >= 11 is 0. The summed E-state index contributed by atoms with van der Waals surface area (Å²) in [4.78, 5) is 0. The monoisotopic (exact) mass is 324 g/mol. The van der Waals surface area contributed by atoms with Crippen molar-refractivity contribution in [3.05, 3.63) is 0 Å². The van der Waals surface area contributed by atoms with E-state index in [0.717, 1.165) is 17.8 Å². The van der Waals surface area contributed by atoms with Gasteiger partial charge in [0.1, 0.15) is 0 Å². The summed E-state index contributed by atoms with van der Waals surface area (Å²) in [5, 5.41) is 0. The Hall–Kier alpha value is 0. The summed E-state index contributed by atoms with van der Waals surface area (Å²) in [6.07, 6.45) is 21.7. The summed E-state index contributed by atoms with van der Waals surface area (Å²) < 4.78 is 0. The van der Waals surface area contributed by atoms with Gasteiger partial charge < -0.3 is 0 Å². The lowest BCUT2D eigenvalue weighted by molar-refractivity contribution is 0.364. The Balaban J connectivity index is 3.21. The average molecular weight is 325 g/mol. The molecule has 0 rings (SSSR count). The van der Waals surface area contributed by atoms with Crippen molar-refractivity contribution in [2.24, 2.45) is 17.8 Å². The third-order valence-corrected chi connectivity index (χ3v) is 5.68. The molecule has 0 amide bonds. The van der Waals surface area contributed by atoms with Gasteiger partial charge in [0, 0.05) is 0 Å². The van der Waals surface area contributed by atoms with E-state index < -0.39 is 0 Å². The molecule has 0 aliphatic heterocycles. The van der Waals surface area contributed by atoms with E-state index in [-0.39, 0.29) is 0 Å². The molecule has 0 heteroatoms. The quantitative estimate of drug-likeness (QED) is 0.234. The van der Waals surface area contributed by atoms with Gasteiger partial charge in [-0.05, 0) is 24.2 Å². The molecule has 3 atom stereocenters. The smallest absolute Gasteiger partial charge is 0.0440 e. The van der Waals surface area contributed by atoms with Crippen LogP contribution in [0.3, 0.4) is 0 Å². The molecule has 0 spiro atoms. The predicted octanol–water partition coefficient (Wildman–Crippen LogP) is 8.79. The Bertz CT molecular complexity index is 220. The number of rotatable bonds is 17.